The van der Waals surface area contributed by atoms with Crippen LogP contribution in [0, 0.1) is 0 Å². The maximum Gasteiger partial charge on any atom is 0.220 e. The van der Waals surface area contributed by atoms with E-state index >= 15 is 0 Å². The van der Waals surface area contributed by atoms with E-state index in [9.17, 15) is 14.7 Å². The van der Waals surface area contributed by atoms with Gasteiger partial charge in [0.25, 0.3) is 0 Å². The van der Waals surface area contributed by atoms with E-state index in [1.54, 1.807) is 0 Å². The second-order valence-corrected chi connectivity index (χ2v) is 6.07. The maximum absolute atomic E-state index is 11.8. The van der Waals surface area contributed by atoms with Crippen LogP contribution in [0.25, 0.3) is 0 Å². The van der Waals surface area contributed by atoms with Crippen molar-refractivity contribution in [3.63, 3.8) is 0 Å². The van der Waals surface area contributed by atoms with Gasteiger partial charge in [0.1, 0.15) is 0 Å². The minimum Gasteiger partial charge on any atom is -0.391 e. The van der Waals surface area contributed by atoms with E-state index in [0.717, 1.165) is 38.5 Å². The summed E-state index contributed by atoms with van der Waals surface area (Å²) in [6, 6.07) is 0.180. The number of carbonyl (C=O) groups excluding carboxylic acids is 2. The van der Waals surface area contributed by atoms with Crippen LogP contribution in [0.15, 0.2) is 0 Å². The van der Waals surface area contributed by atoms with Crippen LogP contribution in [-0.2, 0) is 9.59 Å². The summed E-state index contributed by atoms with van der Waals surface area (Å²) in [5.74, 6) is -0.159. The molecular formula is C15H26N2O3. The van der Waals surface area contributed by atoms with Gasteiger partial charge < -0.3 is 15.7 Å². The van der Waals surface area contributed by atoms with Gasteiger partial charge in [-0.3, -0.25) is 9.59 Å². The molecule has 0 aromatic carbocycles. The number of aliphatic hydroxyl groups is 1. The zero-order valence-electron chi connectivity index (χ0n) is 12.1. The quantitative estimate of drug-likeness (QED) is 0.710. The van der Waals surface area contributed by atoms with Crippen molar-refractivity contribution in [2.45, 2.75) is 82.4 Å². The van der Waals surface area contributed by atoms with Crippen LogP contribution in [0.4, 0.5) is 0 Å². The SMILES string of the molecule is O=C(CCC(=O)NC1CCCCC1O)NC1CCCC1. The molecule has 2 fully saturated rings. The van der Waals surface area contributed by atoms with Crippen molar-refractivity contribution < 1.29 is 14.7 Å². The fourth-order valence-electron chi connectivity index (χ4n) is 3.16. The standard InChI is InChI=1S/C15H26N2O3/c18-13-8-4-3-7-12(13)17-15(20)10-9-14(19)16-11-5-1-2-6-11/h11-13,18H,1-10H2,(H,16,19)(H,17,20). The van der Waals surface area contributed by atoms with E-state index in [4.69, 9.17) is 0 Å². The van der Waals surface area contributed by atoms with E-state index in [-0.39, 0.29) is 30.7 Å². The number of hydrogen-bond donors (Lipinski definition) is 3. The molecule has 2 atom stereocenters. The molecule has 2 saturated carbocycles. The van der Waals surface area contributed by atoms with Crippen molar-refractivity contribution in [2.24, 2.45) is 0 Å². The minimum absolute atomic E-state index is 0.0313. The Labute approximate surface area is 120 Å². The van der Waals surface area contributed by atoms with E-state index in [2.05, 4.69) is 10.6 Å². The molecule has 5 nitrogen and oxygen atoms in total. The normalized spacial score (nSPS) is 27.2. The summed E-state index contributed by atoms with van der Waals surface area (Å²) in [6.07, 6.45) is 8.18. The molecule has 114 valence electrons. The van der Waals surface area contributed by atoms with Crippen molar-refractivity contribution >= 4 is 11.8 Å². The Hall–Kier alpha value is -1.10. The predicted molar refractivity (Wildman–Crippen MR) is 76.0 cm³/mol. The van der Waals surface area contributed by atoms with Gasteiger partial charge in [0.05, 0.1) is 12.1 Å². The summed E-state index contributed by atoms with van der Waals surface area (Å²) in [5, 5.41) is 15.6. The molecule has 2 aliphatic rings. The van der Waals surface area contributed by atoms with Crippen LogP contribution in [0.3, 0.4) is 0 Å². The van der Waals surface area contributed by atoms with Crippen LogP contribution in [0.1, 0.15) is 64.2 Å². The molecule has 2 amide bonds. The highest BCUT2D eigenvalue weighted by atomic mass is 16.3. The zero-order valence-corrected chi connectivity index (χ0v) is 12.1. The predicted octanol–water partition coefficient (Wildman–Crippen LogP) is 1.25. The van der Waals surface area contributed by atoms with Gasteiger partial charge in [-0.1, -0.05) is 25.7 Å². The summed E-state index contributed by atoms with van der Waals surface area (Å²) < 4.78 is 0. The molecular weight excluding hydrogens is 256 g/mol. The zero-order chi connectivity index (χ0) is 14.4. The molecule has 0 bridgehead atoms. The molecule has 2 unspecified atom stereocenters. The van der Waals surface area contributed by atoms with Gasteiger partial charge in [-0.05, 0) is 25.7 Å². The lowest BCUT2D eigenvalue weighted by Gasteiger charge is -2.28. The first kappa shape index (κ1) is 15.3. The Balaban J connectivity index is 1.62. The Morgan fingerprint density at radius 1 is 0.850 bits per heavy atom. The van der Waals surface area contributed by atoms with Gasteiger partial charge in [0.15, 0.2) is 0 Å². The van der Waals surface area contributed by atoms with Crippen molar-refractivity contribution in [2.75, 3.05) is 0 Å². The number of nitrogens with one attached hydrogen (secondary N) is 2. The molecule has 0 heterocycles. The average molecular weight is 282 g/mol. The molecule has 3 N–H and O–H groups in total. The van der Waals surface area contributed by atoms with Crippen LogP contribution in [0.2, 0.25) is 0 Å². The third kappa shape index (κ3) is 4.78. The third-order valence-corrected chi connectivity index (χ3v) is 4.38. The number of carbonyl (C=O) groups is 2. The van der Waals surface area contributed by atoms with Crippen LogP contribution < -0.4 is 10.6 Å². The topological polar surface area (TPSA) is 78.4 Å². The first-order chi connectivity index (χ1) is 9.65. The molecule has 2 aliphatic carbocycles. The summed E-state index contributed by atoms with van der Waals surface area (Å²) in [6.45, 7) is 0. The van der Waals surface area contributed by atoms with E-state index in [1.807, 2.05) is 0 Å². The number of aliphatic hydroxyl groups excluding tert-OH is 1. The summed E-state index contributed by atoms with van der Waals surface area (Å²) in [7, 11) is 0. The summed E-state index contributed by atoms with van der Waals surface area (Å²) >= 11 is 0. The molecule has 5 heteroatoms. The summed E-state index contributed by atoms with van der Waals surface area (Å²) in [4.78, 5) is 23.5. The van der Waals surface area contributed by atoms with Gasteiger partial charge in [-0.2, -0.15) is 0 Å². The van der Waals surface area contributed by atoms with Crippen molar-refractivity contribution in [1.29, 1.82) is 0 Å². The third-order valence-electron chi connectivity index (χ3n) is 4.38. The molecule has 0 saturated heterocycles. The van der Waals surface area contributed by atoms with Crippen LogP contribution in [-0.4, -0.2) is 35.1 Å². The largest absolute Gasteiger partial charge is 0.391 e. The number of amides is 2. The fourth-order valence-corrected chi connectivity index (χ4v) is 3.16. The number of hydrogen-bond acceptors (Lipinski definition) is 3. The molecule has 0 radical (unpaired) electrons. The van der Waals surface area contributed by atoms with E-state index in [1.165, 1.54) is 12.8 Å². The fraction of sp³-hybridized carbons (Fsp3) is 0.867. The van der Waals surface area contributed by atoms with Crippen molar-refractivity contribution in [3.8, 4) is 0 Å². The smallest absolute Gasteiger partial charge is 0.220 e. The van der Waals surface area contributed by atoms with Crippen LogP contribution >= 0.6 is 0 Å². The molecule has 20 heavy (non-hydrogen) atoms. The van der Waals surface area contributed by atoms with Crippen molar-refractivity contribution in [3.05, 3.63) is 0 Å². The highest BCUT2D eigenvalue weighted by Crippen LogP contribution is 2.19. The second kappa shape index (κ2) is 7.62. The van der Waals surface area contributed by atoms with Gasteiger partial charge in [0, 0.05) is 18.9 Å². The minimum atomic E-state index is -0.431. The van der Waals surface area contributed by atoms with E-state index in [0.29, 0.717) is 6.04 Å². The highest BCUT2D eigenvalue weighted by Gasteiger charge is 2.24. The monoisotopic (exact) mass is 282 g/mol. The molecule has 0 aromatic rings. The maximum atomic E-state index is 11.8. The lowest BCUT2D eigenvalue weighted by molar-refractivity contribution is -0.127. The Bertz CT molecular complexity index is 340. The van der Waals surface area contributed by atoms with Gasteiger partial charge in [-0.25, -0.2) is 0 Å². The first-order valence-electron chi connectivity index (χ1n) is 7.92. The van der Waals surface area contributed by atoms with Crippen molar-refractivity contribution in [1.82, 2.24) is 10.6 Å². The molecule has 0 spiro atoms. The Kier molecular flexibility index (Phi) is 5.83. The highest BCUT2D eigenvalue weighted by molar-refractivity contribution is 5.84. The lowest BCUT2D eigenvalue weighted by atomic mass is 9.92. The Morgan fingerprint density at radius 3 is 2.05 bits per heavy atom. The average Bonchev–Trinajstić information content (AvgIpc) is 2.92. The second-order valence-electron chi connectivity index (χ2n) is 6.07. The molecule has 0 aliphatic heterocycles. The lowest BCUT2D eigenvalue weighted by Crippen LogP contribution is -2.45. The van der Waals surface area contributed by atoms with Crippen LogP contribution in [0.5, 0.6) is 0 Å². The first-order valence-corrected chi connectivity index (χ1v) is 7.92. The summed E-state index contributed by atoms with van der Waals surface area (Å²) in [5.41, 5.74) is 0. The van der Waals surface area contributed by atoms with Gasteiger partial charge in [-0.15, -0.1) is 0 Å². The molecule has 0 aromatic heterocycles. The Morgan fingerprint density at radius 2 is 1.40 bits per heavy atom. The van der Waals surface area contributed by atoms with Gasteiger partial charge >= 0.3 is 0 Å². The van der Waals surface area contributed by atoms with Gasteiger partial charge in [0.2, 0.25) is 11.8 Å². The number of rotatable bonds is 5. The van der Waals surface area contributed by atoms with E-state index < -0.39 is 6.10 Å². The molecule has 2 rings (SSSR count).